The molecule has 42 heavy (non-hydrogen) atoms. The van der Waals surface area contributed by atoms with Crippen LogP contribution in [0.2, 0.25) is 0 Å². The van der Waals surface area contributed by atoms with Gasteiger partial charge in [-0.25, -0.2) is 0 Å². The van der Waals surface area contributed by atoms with Crippen LogP contribution in [-0.4, -0.2) is 75.7 Å². The fourth-order valence-corrected chi connectivity index (χ4v) is 4.01. The average Bonchev–Trinajstić information content (AvgIpc) is 3.84. The molecule has 0 saturated heterocycles. The van der Waals surface area contributed by atoms with Crippen molar-refractivity contribution >= 4 is 17.7 Å². The smallest absolute Gasteiger partial charge is 0.240 e. The highest BCUT2D eigenvalue weighted by Gasteiger charge is 2.37. The molecule has 0 radical (unpaired) electrons. The topological polar surface area (TPSA) is 99.8 Å². The molecule has 0 spiro atoms. The lowest BCUT2D eigenvalue weighted by molar-refractivity contribution is -0.137. The zero-order chi connectivity index (χ0) is 31.3. The maximum Gasteiger partial charge on any atom is 0.240 e. The minimum absolute atomic E-state index is 0.0719. The second-order valence-electron chi connectivity index (χ2n) is 10.5. The van der Waals surface area contributed by atoms with Gasteiger partial charge in [-0.2, -0.15) is 0 Å². The number of nitrogens with zero attached hydrogens (tertiary/aromatic N) is 1. The van der Waals surface area contributed by atoms with Gasteiger partial charge in [-0.3, -0.25) is 18.8 Å². The Morgan fingerprint density at radius 2 is 1.76 bits per heavy atom. The van der Waals surface area contributed by atoms with Crippen molar-refractivity contribution < 1.29 is 23.5 Å². The number of hydrogen-bond donors (Lipinski definition) is 3. The maximum atomic E-state index is 12.8. The van der Waals surface area contributed by atoms with E-state index in [0.717, 1.165) is 43.3 Å². The van der Waals surface area contributed by atoms with Crippen LogP contribution in [0.1, 0.15) is 57.6 Å². The lowest BCUT2D eigenvalue weighted by Crippen LogP contribution is -2.50. The second kappa shape index (κ2) is 21.3. The lowest BCUT2D eigenvalue weighted by atomic mass is 10.1. The van der Waals surface area contributed by atoms with Crippen molar-refractivity contribution in [1.29, 1.82) is 0 Å². The number of nitrogens with one attached hydrogen (secondary N) is 3. The normalized spacial score (nSPS) is 21.2. The van der Waals surface area contributed by atoms with E-state index in [0.29, 0.717) is 32.8 Å². The SMILES string of the molecule is CCc1ccc(C)cc1.CF.C\C=C(C)/C=C\C1=C\OCCNC(C2CC2)C(=O)N(C)CC(=O)NCC(=O)NCCC1. The van der Waals surface area contributed by atoms with Crippen molar-refractivity contribution in [2.45, 2.75) is 65.8 Å². The molecular weight excluding hydrogens is 535 g/mol. The highest BCUT2D eigenvalue weighted by molar-refractivity contribution is 5.89. The van der Waals surface area contributed by atoms with Crippen LogP contribution in [0.25, 0.3) is 0 Å². The minimum Gasteiger partial charge on any atom is -0.500 e. The third-order valence-corrected chi connectivity index (χ3v) is 6.89. The number of carbonyl (C=O) groups is 3. The molecule has 1 aliphatic carbocycles. The zero-order valence-electron chi connectivity index (χ0n) is 26.3. The zero-order valence-corrected chi connectivity index (χ0v) is 26.3. The van der Waals surface area contributed by atoms with E-state index in [2.05, 4.69) is 54.1 Å². The van der Waals surface area contributed by atoms with Crippen LogP contribution >= 0.6 is 0 Å². The molecule has 0 aromatic heterocycles. The predicted octanol–water partition coefficient (Wildman–Crippen LogP) is 4.41. The number of carbonyl (C=O) groups excluding carboxylic acids is 3. The number of benzene rings is 1. The molecule has 1 saturated carbocycles. The fraction of sp³-hybridized carbons (Fsp3) is 0.545. The third-order valence-electron chi connectivity index (χ3n) is 6.89. The number of hydrogen-bond acceptors (Lipinski definition) is 5. The highest BCUT2D eigenvalue weighted by atomic mass is 19.1. The third kappa shape index (κ3) is 15.5. The van der Waals surface area contributed by atoms with E-state index < -0.39 is 0 Å². The first-order valence-corrected chi connectivity index (χ1v) is 14.8. The summed E-state index contributed by atoms with van der Waals surface area (Å²) in [6.45, 7) is 9.62. The van der Waals surface area contributed by atoms with Gasteiger partial charge in [0.1, 0.15) is 0 Å². The number of allylic oxidation sites excluding steroid dienone is 5. The molecule has 3 N–H and O–H groups in total. The number of alkyl halides is 1. The van der Waals surface area contributed by atoms with Gasteiger partial charge in [-0.1, -0.05) is 60.6 Å². The summed E-state index contributed by atoms with van der Waals surface area (Å²) in [5.41, 5.74) is 4.94. The van der Waals surface area contributed by atoms with Gasteiger partial charge < -0.3 is 25.6 Å². The first kappa shape index (κ1) is 36.6. The molecule has 1 unspecified atom stereocenters. The van der Waals surface area contributed by atoms with E-state index in [1.165, 1.54) is 16.0 Å². The van der Waals surface area contributed by atoms with Crippen molar-refractivity contribution in [3.05, 3.63) is 71.0 Å². The Morgan fingerprint density at radius 3 is 2.38 bits per heavy atom. The molecule has 1 heterocycles. The number of amides is 3. The Labute approximate surface area is 251 Å². The van der Waals surface area contributed by atoms with E-state index in [4.69, 9.17) is 4.74 Å². The van der Waals surface area contributed by atoms with Crippen LogP contribution in [0.3, 0.4) is 0 Å². The summed E-state index contributed by atoms with van der Waals surface area (Å²) in [6, 6.07) is 8.34. The molecule has 1 fully saturated rings. The number of aryl methyl sites for hydroxylation is 2. The van der Waals surface area contributed by atoms with Crippen molar-refractivity contribution in [2.24, 2.45) is 5.92 Å². The molecule has 1 aromatic carbocycles. The van der Waals surface area contributed by atoms with Gasteiger partial charge in [-0.05, 0) is 69.9 Å². The largest absolute Gasteiger partial charge is 0.500 e. The van der Waals surface area contributed by atoms with Gasteiger partial charge in [-0.15, -0.1) is 0 Å². The van der Waals surface area contributed by atoms with Crippen LogP contribution in [0, 0.1) is 12.8 Å². The van der Waals surface area contributed by atoms with Gasteiger partial charge in [0, 0.05) is 20.1 Å². The average molecular weight is 587 g/mol. The summed E-state index contributed by atoms with van der Waals surface area (Å²) < 4.78 is 15.2. The Morgan fingerprint density at radius 1 is 1.07 bits per heavy atom. The Balaban J connectivity index is 0.000000673. The first-order chi connectivity index (χ1) is 20.2. The molecular formula is C33H51FN4O4. The molecule has 3 rings (SSSR count). The van der Waals surface area contributed by atoms with Crippen LogP contribution in [0.5, 0.6) is 0 Å². The van der Waals surface area contributed by atoms with E-state index in [1.54, 1.807) is 13.3 Å². The summed E-state index contributed by atoms with van der Waals surface area (Å²) in [6.07, 6.45) is 12.5. The van der Waals surface area contributed by atoms with Crippen molar-refractivity contribution in [3.8, 4) is 0 Å². The summed E-state index contributed by atoms with van der Waals surface area (Å²) >= 11 is 0. The summed E-state index contributed by atoms with van der Waals surface area (Å²) in [7, 11) is 2.11. The van der Waals surface area contributed by atoms with E-state index in [9.17, 15) is 18.8 Å². The molecule has 1 aliphatic heterocycles. The summed E-state index contributed by atoms with van der Waals surface area (Å²) in [4.78, 5) is 38.3. The van der Waals surface area contributed by atoms with Gasteiger partial charge >= 0.3 is 0 Å². The predicted molar refractivity (Wildman–Crippen MR) is 168 cm³/mol. The molecule has 0 bridgehead atoms. The van der Waals surface area contributed by atoms with E-state index in [1.807, 2.05) is 32.1 Å². The van der Waals surface area contributed by atoms with E-state index in [-0.39, 0.29) is 36.9 Å². The Hall–Kier alpha value is -3.46. The van der Waals surface area contributed by atoms with Crippen LogP contribution in [0.15, 0.2) is 59.9 Å². The summed E-state index contributed by atoms with van der Waals surface area (Å²) in [5.74, 6) is -0.404. The number of rotatable bonds is 4. The summed E-state index contributed by atoms with van der Waals surface area (Å²) in [5, 5.41) is 8.68. The van der Waals surface area contributed by atoms with Gasteiger partial charge in [0.25, 0.3) is 0 Å². The van der Waals surface area contributed by atoms with Gasteiger partial charge in [0.2, 0.25) is 17.7 Å². The molecule has 3 amide bonds. The lowest BCUT2D eigenvalue weighted by Gasteiger charge is -2.24. The molecule has 9 heteroatoms. The van der Waals surface area contributed by atoms with Gasteiger partial charge in [0.05, 0.1) is 39.2 Å². The molecule has 8 nitrogen and oxygen atoms in total. The van der Waals surface area contributed by atoms with Crippen LogP contribution in [0.4, 0.5) is 4.39 Å². The molecule has 1 aromatic rings. The van der Waals surface area contributed by atoms with Crippen molar-refractivity contribution in [2.75, 3.05) is 47.0 Å². The highest BCUT2D eigenvalue weighted by Crippen LogP contribution is 2.33. The van der Waals surface area contributed by atoms with E-state index >= 15 is 0 Å². The quantitative estimate of drug-likeness (QED) is 0.454. The number of ether oxygens (including phenoxy) is 1. The van der Waals surface area contributed by atoms with Crippen molar-refractivity contribution in [1.82, 2.24) is 20.9 Å². The standard InChI is InChI=1S/C23H36N4O4.C9H12.CH3F/c1-4-17(2)7-8-18-6-5-11-24-20(28)14-26-21(29)15-27(3)23(30)22(19-9-10-19)25-12-13-31-16-18;1-3-9-6-4-8(2)5-7-9;1-2/h4,7-8,16,19,22,25H,5-6,9-15H2,1-3H3,(H,24,28)(H,26,29);4-7H,3H2,1-2H3;1H3/b8-7-,17-4-,18-16+;;. The van der Waals surface area contributed by atoms with Gasteiger partial charge in [0.15, 0.2) is 0 Å². The molecule has 234 valence electrons. The first-order valence-electron chi connectivity index (χ1n) is 14.8. The monoisotopic (exact) mass is 586 g/mol. The Bertz CT molecular complexity index is 1050. The van der Waals surface area contributed by atoms with Crippen LogP contribution < -0.4 is 16.0 Å². The Kier molecular flexibility index (Phi) is 18.5. The second-order valence-corrected chi connectivity index (χ2v) is 10.5. The molecule has 1 atom stereocenters. The van der Waals surface area contributed by atoms with Crippen LogP contribution in [-0.2, 0) is 25.5 Å². The van der Waals surface area contributed by atoms with Crippen molar-refractivity contribution in [3.63, 3.8) is 0 Å². The fourth-order valence-electron chi connectivity index (χ4n) is 4.01. The molecule has 2 aliphatic rings. The number of likely N-dealkylation sites (N-methyl/N-ethyl adjacent to an activating group) is 1. The minimum atomic E-state index is -0.347. The maximum absolute atomic E-state index is 12.8. The number of halogens is 1.